The van der Waals surface area contributed by atoms with Crippen LogP contribution in [0.3, 0.4) is 0 Å². The maximum Gasteiger partial charge on any atom is 0.0713 e. The average Bonchev–Trinajstić information content (AvgIpc) is 2.70. The van der Waals surface area contributed by atoms with E-state index in [2.05, 4.69) is 36.1 Å². The van der Waals surface area contributed by atoms with Crippen LogP contribution in [0.15, 0.2) is 24.3 Å². The second kappa shape index (κ2) is 8.52. The standard InChI is InChI=1S/C18H30N2O/c1-3-10-20-11-5-4-8-17(13-19)18(20)16-9-6-7-15(12-16)14-21-2/h6-7,9,12,17-18H,3-5,8,10-11,13-14,19H2,1-2H3. The lowest BCUT2D eigenvalue weighted by molar-refractivity contribution is 0.157. The smallest absolute Gasteiger partial charge is 0.0713 e. The number of rotatable bonds is 6. The van der Waals surface area contributed by atoms with Gasteiger partial charge in [-0.05, 0) is 55.9 Å². The van der Waals surface area contributed by atoms with Gasteiger partial charge in [0.25, 0.3) is 0 Å². The van der Waals surface area contributed by atoms with Crippen molar-refractivity contribution in [2.45, 2.75) is 45.3 Å². The molecule has 1 aromatic rings. The first kappa shape index (κ1) is 16.5. The lowest BCUT2D eigenvalue weighted by Gasteiger charge is -2.35. The molecule has 0 amide bonds. The van der Waals surface area contributed by atoms with Crippen molar-refractivity contribution in [3.05, 3.63) is 35.4 Å². The zero-order valence-corrected chi connectivity index (χ0v) is 13.6. The minimum Gasteiger partial charge on any atom is -0.380 e. The molecular formula is C18H30N2O. The summed E-state index contributed by atoms with van der Waals surface area (Å²) < 4.78 is 5.28. The first-order valence-electron chi connectivity index (χ1n) is 8.32. The Kier molecular flexibility index (Phi) is 6.68. The maximum atomic E-state index is 6.10. The molecule has 1 aromatic carbocycles. The third-order valence-corrected chi connectivity index (χ3v) is 4.53. The molecule has 1 heterocycles. The Balaban J connectivity index is 2.29. The third kappa shape index (κ3) is 4.29. The van der Waals surface area contributed by atoms with Gasteiger partial charge >= 0.3 is 0 Å². The number of benzene rings is 1. The van der Waals surface area contributed by atoms with Crippen molar-refractivity contribution in [1.82, 2.24) is 4.90 Å². The van der Waals surface area contributed by atoms with Crippen LogP contribution in [0.2, 0.25) is 0 Å². The van der Waals surface area contributed by atoms with Crippen LogP contribution in [-0.2, 0) is 11.3 Å². The first-order chi connectivity index (χ1) is 10.3. The van der Waals surface area contributed by atoms with Gasteiger partial charge in [-0.15, -0.1) is 0 Å². The van der Waals surface area contributed by atoms with Crippen molar-refractivity contribution in [2.24, 2.45) is 11.7 Å². The second-order valence-corrected chi connectivity index (χ2v) is 6.15. The molecule has 2 rings (SSSR count). The van der Waals surface area contributed by atoms with E-state index in [0.29, 0.717) is 18.6 Å². The first-order valence-corrected chi connectivity index (χ1v) is 8.32. The summed E-state index contributed by atoms with van der Waals surface area (Å²) in [5.74, 6) is 0.567. The zero-order valence-electron chi connectivity index (χ0n) is 13.6. The quantitative estimate of drug-likeness (QED) is 0.873. The van der Waals surface area contributed by atoms with Crippen LogP contribution in [0.4, 0.5) is 0 Å². The number of nitrogens with zero attached hydrogens (tertiary/aromatic N) is 1. The number of hydrogen-bond acceptors (Lipinski definition) is 3. The number of ether oxygens (including phenoxy) is 1. The van der Waals surface area contributed by atoms with Crippen molar-refractivity contribution < 1.29 is 4.74 Å². The van der Waals surface area contributed by atoms with E-state index in [1.165, 1.54) is 43.4 Å². The third-order valence-electron chi connectivity index (χ3n) is 4.53. The van der Waals surface area contributed by atoms with Crippen LogP contribution in [0.25, 0.3) is 0 Å². The molecule has 0 aromatic heterocycles. The van der Waals surface area contributed by atoms with E-state index in [1.54, 1.807) is 7.11 Å². The molecule has 0 spiro atoms. The van der Waals surface area contributed by atoms with E-state index >= 15 is 0 Å². The largest absolute Gasteiger partial charge is 0.380 e. The van der Waals surface area contributed by atoms with E-state index < -0.39 is 0 Å². The van der Waals surface area contributed by atoms with E-state index in [-0.39, 0.29) is 0 Å². The Morgan fingerprint density at radius 2 is 2.19 bits per heavy atom. The molecule has 1 saturated heterocycles. The number of methoxy groups -OCH3 is 1. The predicted molar refractivity (Wildman–Crippen MR) is 88.2 cm³/mol. The molecular weight excluding hydrogens is 260 g/mol. The molecule has 1 aliphatic rings. The summed E-state index contributed by atoms with van der Waals surface area (Å²) in [6, 6.07) is 9.34. The van der Waals surface area contributed by atoms with Crippen LogP contribution >= 0.6 is 0 Å². The number of likely N-dealkylation sites (tertiary alicyclic amines) is 1. The van der Waals surface area contributed by atoms with Crippen molar-refractivity contribution in [3.8, 4) is 0 Å². The van der Waals surface area contributed by atoms with Gasteiger partial charge in [-0.2, -0.15) is 0 Å². The Hall–Kier alpha value is -0.900. The highest BCUT2D eigenvalue weighted by Crippen LogP contribution is 2.35. The number of nitrogens with two attached hydrogens (primary N) is 1. The minimum absolute atomic E-state index is 0.467. The van der Waals surface area contributed by atoms with Gasteiger partial charge in [0.15, 0.2) is 0 Å². The van der Waals surface area contributed by atoms with Crippen molar-refractivity contribution in [2.75, 3.05) is 26.7 Å². The predicted octanol–water partition coefficient (Wildman–Crippen LogP) is 3.34. The fraction of sp³-hybridized carbons (Fsp3) is 0.667. The summed E-state index contributed by atoms with van der Waals surface area (Å²) in [6.45, 7) is 6.08. The fourth-order valence-electron chi connectivity index (χ4n) is 3.62. The Morgan fingerprint density at radius 1 is 1.33 bits per heavy atom. The Labute approximate surface area is 129 Å². The summed E-state index contributed by atoms with van der Waals surface area (Å²) in [7, 11) is 1.75. The summed E-state index contributed by atoms with van der Waals surface area (Å²) in [5.41, 5.74) is 8.77. The SMILES string of the molecule is CCCN1CCCCC(CN)C1c1cccc(COC)c1. The molecule has 2 N–H and O–H groups in total. The van der Waals surface area contributed by atoms with Crippen LogP contribution in [0.5, 0.6) is 0 Å². The highest BCUT2D eigenvalue weighted by atomic mass is 16.5. The van der Waals surface area contributed by atoms with Crippen LogP contribution in [-0.4, -0.2) is 31.6 Å². The molecule has 3 heteroatoms. The molecule has 21 heavy (non-hydrogen) atoms. The zero-order chi connectivity index (χ0) is 15.1. The lowest BCUT2D eigenvalue weighted by Crippen LogP contribution is -2.36. The molecule has 2 atom stereocenters. The monoisotopic (exact) mass is 290 g/mol. The van der Waals surface area contributed by atoms with Gasteiger partial charge in [0.2, 0.25) is 0 Å². The average molecular weight is 290 g/mol. The van der Waals surface area contributed by atoms with E-state index in [9.17, 15) is 0 Å². The molecule has 118 valence electrons. The Bertz CT molecular complexity index is 421. The molecule has 0 saturated carbocycles. The highest BCUT2D eigenvalue weighted by molar-refractivity contribution is 5.26. The molecule has 3 nitrogen and oxygen atoms in total. The van der Waals surface area contributed by atoms with Gasteiger partial charge in [0.1, 0.15) is 0 Å². The summed E-state index contributed by atoms with van der Waals surface area (Å²) in [6.07, 6.45) is 5.04. The van der Waals surface area contributed by atoms with Crippen LogP contribution < -0.4 is 5.73 Å². The van der Waals surface area contributed by atoms with Crippen molar-refractivity contribution >= 4 is 0 Å². The summed E-state index contributed by atoms with van der Waals surface area (Å²) in [5, 5.41) is 0. The number of hydrogen-bond donors (Lipinski definition) is 1. The second-order valence-electron chi connectivity index (χ2n) is 6.15. The van der Waals surface area contributed by atoms with Gasteiger partial charge in [-0.1, -0.05) is 37.6 Å². The summed E-state index contributed by atoms with van der Waals surface area (Å²) in [4.78, 5) is 2.65. The molecule has 2 unspecified atom stereocenters. The fourth-order valence-corrected chi connectivity index (χ4v) is 3.62. The van der Waals surface area contributed by atoms with E-state index in [1.807, 2.05) is 0 Å². The molecule has 1 fully saturated rings. The Morgan fingerprint density at radius 3 is 2.90 bits per heavy atom. The molecule has 0 radical (unpaired) electrons. The summed E-state index contributed by atoms with van der Waals surface area (Å²) >= 11 is 0. The maximum absolute atomic E-state index is 6.10. The van der Waals surface area contributed by atoms with Gasteiger partial charge in [0, 0.05) is 13.2 Å². The lowest BCUT2D eigenvalue weighted by atomic mass is 9.88. The van der Waals surface area contributed by atoms with Crippen molar-refractivity contribution in [1.29, 1.82) is 0 Å². The van der Waals surface area contributed by atoms with E-state index in [4.69, 9.17) is 10.5 Å². The minimum atomic E-state index is 0.467. The normalized spacial score (nSPS) is 24.0. The highest BCUT2D eigenvalue weighted by Gasteiger charge is 2.29. The molecule has 0 aliphatic carbocycles. The van der Waals surface area contributed by atoms with Gasteiger partial charge < -0.3 is 10.5 Å². The molecule has 1 aliphatic heterocycles. The van der Waals surface area contributed by atoms with Crippen LogP contribution in [0.1, 0.15) is 49.8 Å². The van der Waals surface area contributed by atoms with E-state index in [0.717, 1.165) is 13.1 Å². The van der Waals surface area contributed by atoms with Crippen LogP contribution in [0, 0.1) is 5.92 Å². The topological polar surface area (TPSA) is 38.5 Å². The van der Waals surface area contributed by atoms with Crippen molar-refractivity contribution in [3.63, 3.8) is 0 Å². The van der Waals surface area contributed by atoms with Gasteiger partial charge in [-0.3, -0.25) is 4.90 Å². The van der Waals surface area contributed by atoms with Gasteiger partial charge in [0.05, 0.1) is 6.61 Å². The molecule has 0 bridgehead atoms. The van der Waals surface area contributed by atoms with Gasteiger partial charge in [-0.25, -0.2) is 0 Å².